The number of carbonyl (C=O) groups excluding carboxylic acids is 1. The van der Waals surface area contributed by atoms with Gasteiger partial charge in [0.15, 0.2) is 0 Å². The predicted molar refractivity (Wildman–Crippen MR) is 131 cm³/mol. The highest BCUT2D eigenvalue weighted by Crippen LogP contribution is 2.24. The molecule has 33 heavy (non-hydrogen) atoms. The molecular formula is C26H30N2O4S. The van der Waals surface area contributed by atoms with Crippen molar-refractivity contribution in [3.8, 4) is 5.75 Å². The number of carbonyl (C=O) groups is 1. The van der Waals surface area contributed by atoms with E-state index < -0.39 is 10.0 Å². The van der Waals surface area contributed by atoms with Crippen LogP contribution < -0.4 is 14.8 Å². The third kappa shape index (κ3) is 6.83. The molecule has 0 heterocycles. The van der Waals surface area contributed by atoms with Crippen LogP contribution in [0.1, 0.15) is 42.3 Å². The highest BCUT2D eigenvalue weighted by Gasteiger charge is 2.15. The van der Waals surface area contributed by atoms with E-state index in [4.69, 9.17) is 4.74 Å². The smallest absolute Gasteiger partial charge is 0.261 e. The third-order valence-electron chi connectivity index (χ3n) is 5.08. The van der Waals surface area contributed by atoms with Crippen LogP contribution in [0, 0.1) is 6.92 Å². The minimum Gasteiger partial charge on any atom is -0.492 e. The molecule has 0 fully saturated rings. The first-order chi connectivity index (χ1) is 15.5. The predicted octanol–water partition coefficient (Wildman–Crippen LogP) is 4.90. The quantitative estimate of drug-likeness (QED) is 0.463. The zero-order valence-electron chi connectivity index (χ0n) is 19.4. The Morgan fingerprint density at radius 2 is 1.61 bits per heavy atom. The van der Waals surface area contributed by atoms with E-state index in [1.807, 2.05) is 31.2 Å². The first-order valence-corrected chi connectivity index (χ1v) is 12.2. The zero-order valence-corrected chi connectivity index (χ0v) is 20.2. The van der Waals surface area contributed by atoms with Crippen LogP contribution in [0.25, 0.3) is 0 Å². The van der Waals surface area contributed by atoms with E-state index in [0.717, 1.165) is 11.3 Å². The first kappa shape index (κ1) is 24.3. The number of amides is 1. The molecule has 0 unspecified atom stereocenters. The summed E-state index contributed by atoms with van der Waals surface area (Å²) in [6, 6.07) is 20.9. The molecule has 0 bridgehead atoms. The molecule has 2 N–H and O–H groups in total. The molecule has 0 atom stereocenters. The summed E-state index contributed by atoms with van der Waals surface area (Å²) in [6.45, 7) is 8.99. The summed E-state index contributed by atoms with van der Waals surface area (Å²) in [5, 5.41) is 2.79. The van der Waals surface area contributed by atoms with Gasteiger partial charge in [-0.25, -0.2) is 8.42 Å². The molecule has 174 valence electrons. The van der Waals surface area contributed by atoms with Gasteiger partial charge >= 0.3 is 0 Å². The molecule has 0 radical (unpaired) electrons. The van der Waals surface area contributed by atoms with Crippen LogP contribution in [0.15, 0.2) is 77.7 Å². The second-order valence-corrected chi connectivity index (χ2v) is 10.6. The molecule has 0 aliphatic carbocycles. The van der Waals surface area contributed by atoms with Gasteiger partial charge in [-0.05, 0) is 60.4 Å². The number of nitrogens with one attached hydrogen (secondary N) is 2. The SMILES string of the molecule is Cc1ccc(S(=O)(=O)Nc2cccc(C(=O)NCCOc3ccc(C(C)(C)C)cc3)c2)cc1. The van der Waals surface area contributed by atoms with Gasteiger partial charge in [-0.15, -0.1) is 0 Å². The van der Waals surface area contributed by atoms with Gasteiger partial charge in [0.1, 0.15) is 12.4 Å². The Morgan fingerprint density at radius 1 is 0.939 bits per heavy atom. The van der Waals surface area contributed by atoms with Crippen molar-refractivity contribution in [1.29, 1.82) is 0 Å². The molecule has 0 saturated heterocycles. The number of hydrogen-bond donors (Lipinski definition) is 2. The topological polar surface area (TPSA) is 84.5 Å². The van der Waals surface area contributed by atoms with Crippen molar-refractivity contribution in [2.24, 2.45) is 0 Å². The van der Waals surface area contributed by atoms with E-state index >= 15 is 0 Å². The number of ether oxygens (including phenoxy) is 1. The van der Waals surface area contributed by atoms with Gasteiger partial charge in [-0.2, -0.15) is 0 Å². The Balaban J connectivity index is 1.53. The second-order valence-electron chi connectivity index (χ2n) is 8.88. The summed E-state index contributed by atoms with van der Waals surface area (Å²) in [5.41, 5.74) is 2.95. The molecule has 0 aromatic heterocycles. The molecule has 0 aliphatic rings. The van der Waals surface area contributed by atoms with Crippen molar-refractivity contribution >= 4 is 21.6 Å². The summed E-state index contributed by atoms with van der Waals surface area (Å²) >= 11 is 0. The largest absolute Gasteiger partial charge is 0.492 e. The fourth-order valence-corrected chi connectivity index (χ4v) is 4.19. The Morgan fingerprint density at radius 3 is 2.24 bits per heavy atom. The Hall–Kier alpha value is -3.32. The molecule has 0 spiro atoms. The van der Waals surface area contributed by atoms with E-state index in [1.54, 1.807) is 42.5 Å². The lowest BCUT2D eigenvalue weighted by atomic mass is 9.87. The maximum atomic E-state index is 12.6. The van der Waals surface area contributed by atoms with Crippen LogP contribution >= 0.6 is 0 Å². The van der Waals surface area contributed by atoms with E-state index in [2.05, 4.69) is 30.8 Å². The van der Waals surface area contributed by atoms with Gasteiger partial charge in [0.2, 0.25) is 0 Å². The van der Waals surface area contributed by atoms with Crippen LogP contribution in [0.4, 0.5) is 5.69 Å². The summed E-state index contributed by atoms with van der Waals surface area (Å²) in [7, 11) is -3.74. The molecule has 1 amide bonds. The van der Waals surface area contributed by atoms with Crippen molar-refractivity contribution in [2.45, 2.75) is 38.0 Å². The van der Waals surface area contributed by atoms with Gasteiger partial charge in [0.25, 0.3) is 15.9 Å². The monoisotopic (exact) mass is 466 g/mol. The van der Waals surface area contributed by atoms with Gasteiger partial charge in [0.05, 0.1) is 11.4 Å². The molecule has 3 aromatic carbocycles. The molecule has 3 aromatic rings. The summed E-state index contributed by atoms with van der Waals surface area (Å²) in [5.74, 6) is 0.433. The van der Waals surface area contributed by atoms with E-state index in [-0.39, 0.29) is 16.2 Å². The molecule has 0 aliphatic heterocycles. The standard InChI is InChI=1S/C26H30N2O4S/c1-19-8-14-24(15-9-19)33(30,31)28-22-7-5-6-20(18-22)25(29)27-16-17-32-23-12-10-21(11-13-23)26(2,3)4/h5-15,18,28H,16-17H2,1-4H3,(H,27,29). The van der Waals surface area contributed by atoms with Crippen LogP contribution in [0.3, 0.4) is 0 Å². The van der Waals surface area contributed by atoms with E-state index in [9.17, 15) is 13.2 Å². The zero-order chi connectivity index (χ0) is 24.1. The molecule has 6 nitrogen and oxygen atoms in total. The lowest BCUT2D eigenvalue weighted by Gasteiger charge is -2.19. The van der Waals surface area contributed by atoms with E-state index in [0.29, 0.717) is 24.4 Å². The van der Waals surface area contributed by atoms with Crippen LogP contribution in [-0.4, -0.2) is 27.5 Å². The molecular weight excluding hydrogens is 436 g/mol. The third-order valence-corrected chi connectivity index (χ3v) is 6.48. The lowest BCUT2D eigenvalue weighted by Crippen LogP contribution is -2.28. The summed E-state index contributed by atoms with van der Waals surface area (Å²) in [4.78, 5) is 12.7. The highest BCUT2D eigenvalue weighted by molar-refractivity contribution is 7.92. The molecule has 0 saturated carbocycles. The molecule has 7 heteroatoms. The van der Waals surface area contributed by atoms with Gasteiger partial charge in [0, 0.05) is 11.3 Å². The van der Waals surface area contributed by atoms with Gasteiger partial charge in [-0.3, -0.25) is 9.52 Å². The minimum absolute atomic E-state index is 0.0787. The maximum absolute atomic E-state index is 12.6. The minimum atomic E-state index is -3.74. The van der Waals surface area contributed by atoms with Crippen molar-refractivity contribution in [3.63, 3.8) is 0 Å². The van der Waals surface area contributed by atoms with Crippen molar-refractivity contribution < 1.29 is 17.9 Å². The normalized spacial score (nSPS) is 11.6. The average Bonchev–Trinajstić information content (AvgIpc) is 2.76. The fourth-order valence-electron chi connectivity index (χ4n) is 3.14. The van der Waals surface area contributed by atoms with Gasteiger partial charge < -0.3 is 10.1 Å². The van der Waals surface area contributed by atoms with Crippen molar-refractivity contribution in [3.05, 3.63) is 89.5 Å². The van der Waals surface area contributed by atoms with Gasteiger partial charge in [-0.1, -0.05) is 56.7 Å². The number of rotatable bonds is 8. The van der Waals surface area contributed by atoms with Crippen molar-refractivity contribution in [2.75, 3.05) is 17.9 Å². The molecule has 3 rings (SSSR count). The first-order valence-electron chi connectivity index (χ1n) is 10.8. The lowest BCUT2D eigenvalue weighted by molar-refractivity contribution is 0.0947. The maximum Gasteiger partial charge on any atom is 0.261 e. The number of anilines is 1. The Labute approximate surface area is 196 Å². The number of sulfonamides is 1. The fraction of sp³-hybridized carbons (Fsp3) is 0.269. The van der Waals surface area contributed by atoms with Crippen LogP contribution in [0.2, 0.25) is 0 Å². The Kier molecular flexibility index (Phi) is 7.43. The second kappa shape index (κ2) is 10.1. The highest BCUT2D eigenvalue weighted by atomic mass is 32.2. The summed E-state index contributed by atoms with van der Waals surface area (Å²) < 4.78 is 33.4. The Bertz CT molecular complexity index is 1200. The average molecular weight is 467 g/mol. The van der Waals surface area contributed by atoms with E-state index in [1.165, 1.54) is 11.6 Å². The summed E-state index contributed by atoms with van der Waals surface area (Å²) in [6.07, 6.45) is 0. The number of hydrogen-bond acceptors (Lipinski definition) is 4. The van der Waals surface area contributed by atoms with Crippen LogP contribution in [0.5, 0.6) is 5.75 Å². The number of benzene rings is 3. The van der Waals surface area contributed by atoms with Crippen molar-refractivity contribution in [1.82, 2.24) is 5.32 Å². The number of aryl methyl sites for hydroxylation is 1. The van der Waals surface area contributed by atoms with Crippen LogP contribution in [-0.2, 0) is 15.4 Å².